The summed E-state index contributed by atoms with van der Waals surface area (Å²) < 4.78 is 25.0. The molecule has 5 nitrogen and oxygen atoms in total. The summed E-state index contributed by atoms with van der Waals surface area (Å²) in [5.41, 5.74) is 0.522. The van der Waals surface area contributed by atoms with Crippen LogP contribution in [0.1, 0.15) is 23.2 Å². The average Bonchev–Trinajstić information content (AvgIpc) is 2.98. The Labute approximate surface area is 142 Å². The van der Waals surface area contributed by atoms with Crippen molar-refractivity contribution in [3.63, 3.8) is 0 Å². The van der Waals surface area contributed by atoms with Crippen LogP contribution in [0.2, 0.25) is 0 Å². The fraction of sp³-hybridized carbons (Fsp3) is 0.611. The van der Waals surface area contributed by atoms with Gasteiger partial charge in [-0.15, -0.1) is 0 Å². The molecule has 132 valence electrons. The number of ether oxygens (including phenoxy) is 2. The van der Waals surface area contributed by atoms with E-state index in [4.69, 9.17) is 9.47 Å². The molecule has 0 aromatic heterocycles. The van der Waals surface area contributed by atoms with Crippen molar-refractivity contribution in [2.24, 2.45) is 0 Å². The maximum absolute atomic E-state index is 13.1. The molecule has 1 saturated heterocycles. The van der Waals surface area contributed by atoms with Crippen molar-refractivity contribution in [1.29, 1.82) is 0 Å². The van der Waals surface area contributed by atoms with Gasteiger partial charge in [-0.25, -0.2) is 4.39 Å². The second kappa shape index (κ2) is 7.59. The number of likely N-dealkylation sites (N-methyl/N-ethyl adjacent to an activating group) is 1. The molecule has 1 amide bonds. The minimum atomic E-state index is -0.332. The highest BCUT2D eigenvalue weighted by Crippen LogP contribution is 2.33. The summed E-state index contributed by atoms with van der Waals surface area (Å²) in [4.78, 5) is 16.7. The van der Waals surface area contributed by atoms with E-state index in [1.165, 1.54) is 12.1 Å². The van der Waals surface area contributed by atoms with E-state index in [9.17, 15) is 9.18 Å². The summed E-state index contributed by atoms with van der Waals surface area (Å²) in [6, 6.07) is 5.78. The van der Waals surface area contributed by atoms with E-state index in [1.54, 1.807) is 12.1 Å². The van der Waals surface area contributed by atoms with Gasteiger partial charge in [-0.05, 0) is 51.2 Å². The Balaban J connectivity index is 1.64. The molecule has 0 radical (unpaired) electrons. The van der Waals surface area contributed by atoms with Gasteiger partial charge in [0.15, 0.2) is 0 Å². The van der Waals surface area contributed by atoms with Crippen molar-refractivity contribution in [2.75, 3.05) is 40.4 Å². The van der Waals surface area contributed by atoms with Gasteiger partial charge in [-0.2, -0.15) is 0 Å². The molecular weight excluding hydrogens is 311 g/mol. The van der Waals surface area contributed by atoms with E-state index in [1.807, 2.05) is 19.0 Å². The van der Waals surface area contributed by atoms with Crippen molar-refractivity contribution in [1.82, 2.24) is 9.80 Å². The Hall–Kier alpha value is -1.50. The van der Waals surface area contributed by atoms with Crippen molar-refractivity contribution in [3.05, 3.63) is 35.6 Å². The summed E-state index contributed by atoms with van der Waals surface area (Å²) in [6.07, 6.45) is 1.75. The molecule has 0 spiro atoms. The molecule has 1 saturated carbocycles. The Morgan fingerprint density at radius 2 is 2.08 bits per heavy atom. The highest BCUT2D eigenvalue weighted by molar-refractivity contribution is 5.94. The maximum Gasteiger partial charge on any atom is 0.254 e. The van der Waals surface area contributed by atoms with Crippen molar-refractivity contribution < 1.29 is 18.7 Å². The number of carbonyl (C=O) groups excluding carboxylic acids is 1. The van der Waals surface area contributed by atoms with Crippen molar-refractivity contribution in [3.8, 4) is 0 Å². The smallest absolute Gasteiger partial charge is 0.254 e. The summed E-state index contributed by atoms with van der Waals surface area (Å²) in [5.74, 6) is -0.385. The van der Waals surface area contributed by atoms with E-state index >= 15 is 0 Å². The fourth-order valence-electron chi connectivity index (χ4n) is 3.49. The first-order chi connectivity index (χ1) is 11.6. The van der Waals surface area contributed by atoms with E-state index in [2.05, 4.69) is 4.90 Å². The highest BCUT2D eigenvalue weighted by atomic mass is 19.1. The molecule has 2 aliphatic rings. The molecule has 0 N–H and O–H groups in total. The summed E-state index contributed by atoms with van der Waals surface area (Å²) in [7, 11) is 4.03. The van der Waals surface area contributed by atoms with Gasteiger partial charge in [0.2, 0.25) is 0 Å². The van der Waals surface area contributed by atoms with E-state index in [0.717, 1.165) is 19.4 Å². The number of fused-ring (bicyclic) bond motifs is 1. The first-order valence-corrected chi connectivity index (χ1v) is 8.51. The molecule has 1 heterocycles. The SMILES string of the molecule is CN(C)CCO[C@@H]1CC[C@H]2[C@H]1OCCN2C(=O)c1ccc(F)cc1. The zero-order valence-corrected chi connectivity index (χ0v) is 14.3. The average molecular weight is 336 g/mol. The molecular formula is C18H25FN2O3. The van der Waals surface area contributed by atoms with Gasteiger partial charge in [-0.3, -0.25) is 4.79 Å². The van der Waals surface area contributed by atoms with Crippen LogP contribution in [0.15, 0.2) is 24.3 Å². The van der Waals surface area contributed by atoms with Crippen molar-refractivity contribution >= 4 is 5.91 Å². The van der Waals surface area contributed by atoms with Gasteiger partial charge >= 0.3 is 0 Å². The number of hydrogen-bond acceptors (Lipinski definition) is 4. The second-order valence-electron chi connectivity index (χ2n) is 6.70. The molecule has 0 bridgehead atoms. The molecule has 3 rings (SSSR count). The zero-order chi connectivity index (χ0) is 17.1. The summed E-state index contributed by atoms with van der Waals surface area (Å²) in [5, 5.41) is 0. The lowest BCUT2D eigenvalue weighted by Gasteiger charge is -2.39. The number of morpholine rings is 1. The standard InChI is InChI=1S/C18H25FN2O3/c1-20(2)9-11-23-16-8-7-15-17(16)24-12-10-21(15)18(22)13-3-5-14(19)6-4-13/h3-6,15-17H,7-12H2,1-2H3/t15-,16+,17+/m0/s1. The number of rotatable bonds is 5. The molecule has 3 atom stereocenters. The van der Waals surface area contributed by atoms with Crippen LogP contribution >= 0.6 is 0 Å². The van der Waals surface area contributed by atoms with Crippen LogP contribution < -0.4 is 0 Å². The van der Waals surface area contributed by atoms with Crippen LogP contribution in [0.3, 0.4) is 0 Å². The lowest BCUT2D eigenvalue weighted by Crippen LogP contribution is -2.54. The third-order valence-electron chi connectivity index (χ3n) is 4.76. The number of carbonyl (C=O) groups is 1. The number of nitrogens with zero attached hydrogens (tertiary/aromatic N) is 2. The van der Waals surface area contributed by atoms with Gasteiger partial charge in [0, 0.05) is 18.7 Å². The molecule has 2 fully saturated rings. The van der Waals surface area contributed by atoms with Gasteiger partial charge in [-0.1, -0.05) is 0 Å². The molecule has 1 aliphatic heterocycles. The summed E-state index contributed by atoms with van der Waals surface area (Å²) >= 11 is 0. The highest BCUT2D eigenvalue weighted by Gasteiger charge is 2.45. The number of amides is 1. The topological polar surface area (TPSA) is 42.0 Å². The third-order valence-corrected chi connectivity index (χ3v) is 4.76. The Kier molecular flexibility index (Phi) is 5.48. The first kappa shape index (κ1) is 17.3. The predicted octanol–water partition coefficient (Wildman–Crippen LogP) is 1.78. The van der Waals surface area contributed by atoms with Crippen LogP contribution in [-0.2, 0) is 9.47 Å². The second-order valence-corrected chi connectivity index (χ2v) is 6.70. The first-order valence-electron chi connectivity index (χ1n) is 8.51. The minimum Gasteiger partial charge on any atom is -0.374 e. The number of hydrogen-bond donors (Lipinski definition) is 0. The molecule has 6 heteroatoms. The normalized spacial score (nSPS) is 26.7. The quantitative estimate of drug-likeness (QED) is 0.822. The Bertz CT molecular complexity index is 564. The lowest BCUT2D eigenvalue weighted by molar-refractivity contribution is -0.105. The number of halogens is 1. The van der Waals surface area contributed by atoms with Gasteiger partial charge in [0.05, 0.1) is 25.4 Å². The fourth-order valence-corrected chi connectivity index (χ4v) is 3.49. The largest absolute Gasteiger partial charge is 0.374 e. The van der Waals surface area contributed by atoms with Gasteiger partial charge < -0.3 is 19.3 Å². The molecule has 0 unspecified atom stereocenters. The van der Waals surface area contributed by atoms with Gasteiger partial charge in [0.25, 0.3) is 5.91 Å². The van der Waals surface area contributed by atoms with Crippen LogP contribution in [0.5, 0.6) is 0 Å². The van der Waals surface area contributed by atoms with Crippen LogP contribution in [-0.4, -0.2) is 74.4 Å². The van der Waals surface area contributed by atoms with E-state index < -0.39 is 0 Å². The third kappa shape index (κ3) is 3.77. The minimum absolute atomic E-state index is 0.0405. The van der Waals surface area contributed by atoms with Crippen LogP contribution in [0.4, 0.5) is 4.39 Å². The molecule has 24 heavy (non-hydrogen) atoms. The van der Waals surface area contributed by atoms with E-state index in [-0.39, 0.29) is 30.0 Å². The molecule has 1 aromatic rings. The van der Waals surface area contributed by atoms with E-state index in [0.29, 0.717) is 25.3 Å². The van der Waals surface area contributed by atoms with Crippen LogP contribution in [0.25, 0.3) is 0 Å². The monoisotopic (exact) mass is 336 g/mol. The zero-order valence-electron chi connectivity index (χ0n) is 14.3. The van der Waals surface area contributed by atoms with Crippen LogP contribution in [0, 0.1) is 5.82 Å². The molecule has 1 aliphatic carbocycles. The Morgan fingerprint density at radius 3 is 2.79 bits per heavy atom. The van der Waals surface area contributed by atoms with Gasteiger partial charge in [0.1, 0.15) is 11.9 Å². The number of benzene rings is 1. The summed E-state index contributed by atoms with van der Waals surface area (Å²) in [6.45, 7) is 2.62. The maximum atomic E-state index is 13.1. The van der Waals surface area contributed by atoms with Crippen molar-refractivity contribution in [2.45, 2.75) is 31.1 Å². The Morgan fingerprint density at radius 1 is 1.33 bits per heavy atom. The lowest BCUT2D eigenvalue weighted by atomic mass is 10.1. The molecule has 1 aromatic carbocycles. The predicted molar refractivity (Wildman–Crippen MR) is 88.5 cm³/mol.